The van der Waals surface area contributed by atoms with Gasteiger partial charge in [-0.25, -0.2) is 0 Å². The fraction of sp³-hybridized carbons (Fsp3) is 0.286. The van der Waals surface area contributed by atoms with Crippen molar-refractivity contribution in [3.05, 3.63) is 34.6 Å². The summed E-state index contributed by atoms with van der Waals surface area (Å²) in [5.41, 5.74) is -1.54. The number of halogens is 4. The average Bonchev–Trinajstić information content (AvgIpc) is 2.81. The van der Waals surface area contributed by atoms with E-state index >= 15 is 0 Å². The third-order valence-corrected chi connectivity index (χ3v) is 3.49. The van der Waals surface area contributed by atoms with E-state index in [0.717, 1.165) is 7.05 Å². The van der Waals surface area contributed by atoms with Gasteiger partial charge in [0.25, 0.3) is 5.91 Å². The number of ether oxygens (including phenoxy) is 2. The van der Waals surface area contributed by atoms with Crippen molar-refractivity contribution in [2.75, 3.05) is 19.5 Å². The molecule has 0 unspecified atom stereocenters. The predicted octanol–water partition coefficient (Wildman–Crippen LogP) is 3.36. The normalized spacial score (nSPS) is 11.3. The molecule has 0 aliphatic carbocycles. The molecule has 1 N–H and O–H groups in total. The molecule has 0 aliphatic rings. The van der Waals surface area contributed by atoms with Gasteiger partial charge in [-0.05, 0) is 12.1 Å². The summed E-state index contributed by atoms with van der Waals surface area (Å²) in [4.78, 5) is 12.3. The number of rotatable bonds is 4. The number of alkyl halides is 3. The Morgan fingerprint density at radius 1 is 1.29 bits per heavy atom. The zero-order valence-corrected chi connectivity index (χ0v) is 13.6. The maximum absolute atomic E-state index is 12.9. The van der Waals surface area contributed by atoms with Gasteiger partial charge in [-0.3, -0.25) is 9.48 Å². The summed E-state index contributed by atoms with van der Waals surface area (Å²) in [6.07, 6.45) is -4.73. The summed E-state index contributed by atoms with van der Waals surface area (Å²) in [5.74, 6) is -0.181. The second kappa shape index (κ2) is 6.60. The Morgan fingerprint density at radius 3 is 2.46 bits per heavy atom. The Morgan fingerprint density at radius 2 is 1.96 bits per heavy atom. The lowest BCUT2D eigenvalue weighted by Crippen LogP contribution is -2.14. The number of hydrogen-bond acceptors (Lipinski definition) is 4. The van der Waals surface area contributed by atoms with E-state index in [0.29, 0.717) is 16.2 Å². The Kier molecular flexibility index (Phi) is 4.93. The first kappa shape index (κ1) is 17.9. The SMILES string of the molecule is COc1ccc(OC)c(NC(=O)c2nn(C)c(C(F)(F)F)c2Cl)c1. The lowest BCUT2D eigenvalue weighted by molar-refractivity contribution is -0.143. The molecule has 1 aromatic heterocycles. The Labute approximate surface area is 140 Å². The van der Waals surface area contributed by atoms with Crippen molar-refractivity contribution in [1.82, 2.24) is 9.78 Å². The van der Waals surface area contributed by atoms with Crippen LogP contribution in [0.5, 0.6) is 11.5 Å². The van der Waals surface area contributed by atoms with Gasteiger partial charge in [0.1, 0.15) is 16.5 Å². The van der Waals surface area contributed by atoms with Crippen LogP contribution in [-0.4, -0.2) is 29.9 Å². The fourth-order valence-corrected chi connectivity index (χ4v) is 2.40. The second-order valence-electron chi connectivity index (χ2n) is 4.65. The third kappa shape index (κ3) is 3.40. The molecule has 2 rings (SSSR count). The highest BCUT2D eigenvalue weighted by Gasteiger charge is 2.40. The van der Waals surface area contributed by atoms with E-state index in [1.165, 1.54) is 26.4 Å². The zero-order chi connectivity index (χ0) is 18.1. The summed E-state index contributed by atoms with van der Waals surface area (Å²) < 4.78 is 49.4. The third-order valence-electron chi connectivity index (χ3n) is 3.13. The molecule has 0 aliphatic heterocycles. The Bertz CT molecular complexity index is 775. The molecule has 1 amide bonds. The number of aryl methyl sites for hydroxylation is 1. The number of methoxy groups -OCH3 is 2. The molecule has 130 valence electrons. The summed E-state index contributed by atoms with van der Waals surface area (Å²) in [7, 11) is 3.86. The van der Waals surface area contributed by atoms with Gasteiger partial charge in [-0.1, -0.05) is 11.6 Å². The topological polar surface area (TPSA) is 65.4 Å². The molecular weight excluding hydrogens is 351 g/mol. The smallest absolute Gasteiger partial charge is 0.434 e. The fourth-order valence-electron chi connectivity index (χ4n) is 2.04. The van der Waals surface area contributed by atoms with E-state index in [-0.39, 0.29) is 5.69 Å². The molecule has 10 heteroatoms. The van der Waals surface area contributed by atoms with Crippen LogP contribution in [0.3, 0.4) is 0 Å². The maximum atomic E-state index is 12.9. The summed E-state index contributed by atoms with van der Waals surface area (Å²) >= 11 is 5.69. The quantitative estimate of drug-likeness (QED) is 0.904. The number of amides is 1. The molecule has 0 atom stereocenters. The lowest BCUT2D eigenvalue weighted by Gasteiger charge is -2.11. The highest BCUT2D eigenvalue weighted by Crippen LogP contribution is 2.36. The molecular formula is C14H13ClF3N3O3. The number of carbonyl (C=O) groups excluding carboxylic acids is 1. The molecule has 1 aromatic carbocycles. The largest absolute Gasteiger partial charge is 0.497 e. The predicted molar refractivity (Wildman–Crippen MR) is 80.7 cm³/mol. The molecule has 6 nitrogen and oxygen atoms in total. The van der Waals surface area contributed by atoms with E-state index in [1.54, 1.807) is 6.07 Å². The van der Waals surface area contributed by atoms with E-state index < -0.39 is 28.5 Å². The Balaban J connectivity index is 2.38. The van der Waals surface area contributed by atoms with Crippen molar-refractivity contribution in [1.29, 1.82) is 0 Å². The van der Waals surface area contributed by atoms with E-state index in [9.17, 15) is 18.0 Å². The molecule has 0 fully saturated rings. The number of nitrogens with one attached hydrogen (secondary N) is 1. The summed E-state index contributed by atoms with van der Waals surface area (Å²) in [6, 6.07) is 4.60. The number of anilines is 1. The number of aromatic nitrogens is 2. The average molecular weight is 364 g/mol. The molecule has 0 spiro atoms. The van der Waals surface area contributed by atoms with Crippen LogP contribution in [-0.2, 0) is 13.2 Å². The first-order valence-electron chi connectivity index (χ1n) is 6.52. The van der Waals surface area contributed by atoms with Gasteiger partial charge in [-0.15, -0.1) is 0 Å². The van der Waals surface area contributed by atoms with Gasteiger partial charge in [0.2, 0.25) is 0 Å². The van der Waals surface area contributed by atoms with Gasteiger partial charge in [0, 0.05) is 13.1 Å². The molecule has 0 saturated heterocycles. The summed E-state index contributed by atoms with van der Waals surface area (Å²) in [5, 5.41) is 5.19. The lowest BCUT2D eigenvalue weighted by atomic mass is 10.2. The van der Waals surface area contributed by atoms with Crippen LogP contribution in [0.1, 0.15) is 16.2 Å². The van der Waals surface area contributed by atoms with Crippen molar-refractivity contribution < 1.29 is 27.4 Å². The van der Waals surface area contributed by atoms with Crippen LogP contribution in [0.25, 0.3) is 0 Å². The number of hydrogen-bond donors (Lipinski definition) is 1. The van der Waals surface area contributed by atoms with Gasteiger partial charge >= 0.3 is 6.18 Å². The molecule has 0 bridgehead atoms. The first-order chi connectivity index (χ1) is 11.2. The number of nitrogens with zero attached hydrogens (tertiary/aromatic N) is 2. The first-order valence-corrected chi connectivity index (χ1v) is 6.90. The molecule has 1 heterocycles. The van der Waals surface area contributed by atoms with Gasteiger partial charge in [-0.2, -0.15) is 18.3 Å². The number of benzene rings is 1. The van der Waals surface area contributed by atoms with Crippen LogP contribution in [0.2, 0.25) is 5.02 Å². The summed E-state index contributed by atoms with van der Waals surface area (Å²) in [6.45, 7) is 0. The standard InChI is InChI=1S/C14H13ClF3N3O3/c1-21-12(14(16,17)18)10(15)11(20-21)13(22)19-8-6-7(23-2)4-5-9(8)24-3/h4-6H,1-3H3,(H,19,22). The number of carbonyl (C=O) groups is 1. The van der Waals surface area contributed by atoms with Crippen molar-refractivity contribution >= 4 is 23.2 Å². The van der Waals surface area contributed by atoms with Gasteiger partial charge in [0.05, 0.1) is 19.9 Å². The van der Waals surface area contributed by atoms with Crippen molar-refractivity contribution in [3.8, 4) is 11.5 Å². The molecule has 0 saturated carbocycles. The Hall–Kier alpha value is -2.42. The zero-order valence-electron chi connectivity index (χ0n) is 12.9. The molecule has 24 heavy (non-hydrogen) atoms. The second-order valence-corrected chi connectivity index (χ2v) is 5.03. The maximum Gasteiger partial charge on any atom is 0.434 e. The highest BCUT2D eigenvalue weighted by molar-refractivity contribution is 6.34. The molecule has 0 radical (unpaired) electrons. The monoisotopic (exact) mass is 363 g/mol. The van der Waals surface area contributed by atoms with Crippen molar-refractivity contribution in [2.45, 2.75) is 6.18 Å². The minimum atomic E-state index is -4.73. The van der Waals surface area contributed by atoms with Gasteiger partial charge in [0.15, 0.2) is 11.4 Å². The van der Waals surface area contributed by atoms with E-state index in [1.807, 2.05) is 0 Å². The van der Waals surface area contributed by atoms with Crippen LogP contribution in [0.4, 0.5) is 18.9 Å². The van der Waals surface area contributed by atoms with Crippen LogP contribution < -0.4 is 14.8 Å². The van der Waals surface area contributed by atoms with E-state index in [4.69, 9.17) is 21.1 Å². The minimum Gasteiger partial charge on any atom is -0.497 e. The van der Waals surface area contributed by atoms with Gasteiger partial charge < -0.3 is 14.8 Å². The van der Waals surface area contributed by atoms with Crippen LogP contribution in [0.15, 0.2) is 18.2 Å². The van der Waals surface area contributed by atoms with Crippen molar-refractivity contribution in [3.63, 3.8) is 0 Å². The highest BCUT2D eigenvalue weighted by atomic mass is 35.5. The van der Waals surface area contributed by atoms with Crippen LogP contribution >= 0.6 is 11.6 Å². The van der Waals surface area contributed by atoms with Crippen molar-refractivity contribution in [2.24, 2.45) is 7.05 Å². The van der Waals surface area contributed by atoms with E-state index in [2.05, 4.69) is 10.4 Å². The minimum absolute atomic E-state index is 0.206. The van der Waals surface area contributed by atoms with Crippen LogP contribution in [0, 0.1) is 0 Å². The molecule has 2 aromatic rings.